The van der Waals surface area contributed by atoms with Crippen molar-refractivity contribution in [2.24, 2.45) is 10.7 Å². The molecule has 2 N–H and O–H groups in total. The highest BCUT2D eigenvalue weighted by atomic mass is 19.1. The SMILES string of the molecule is NC(=NCCc1cccc(F)c1)c1ccccc1. The zero-order valence-corrected chi connectivity index (χ0v) is 10.0. The Morgan fingerprint density at radius 3 is 2.56 bits per heavy atom. The third-order valence-corrected chi connectivity index (χ3v) is 2.64. The predicted octanol–water partition coefficient (Wildman–Crippen LogP) is 2.77. The number of aliphatic imine (C=N–C) groups is 1. The molecule has 3 heteroatoms. The van der Waals surface area contributed by atoms with Crippen LogP contribution in [0.4, 0.5) is 4.39 Å². The summed E-state index contributed by atoms with van der Waals surface area (Å²) >= 11 is 0. The Kier molecular flexibility index (Phi) is 4.07. The molecular weight excluding hydrogens is 227 g/mol. The van der Waals surface area contributed by atoms with Crippen LogP contribution in [0.1, 0.15) is 11.1 Å². The van der Waals surface area contributed by atoms with E-state index >= 15 is 0 Å². The van der Waals surface area contributed by atoms with E-state index < -0.39 is 0 Å². The van der Waals surface area contributed by atoms with Gasteiger partial charge in [-0.2, -0.15) is 0 Å². The second-order valence-corrected chi connectivity index (χ2v) is 4.01. The van der Waals surface area contributed by atoms with E-state index in [0.717, 1.165) is 11.1 Å². The first kappa shape index (κ1) is 12.3. The Labute approximate surface area is 106 Å². The molecule has 0 fully saturated rings. The van der Waals surface area contributed by atoms with E-state index in [4.69, 9.17) is 5.73 Å². The van der Waals surface area contributed by atoms with Gasteiger partial charge < -0.3 is 5.73 Å². The van der Waals surface area contributed by atoms with Gasteiger partial charge in [-0.15, -0.1) is 0 Å². The van der Waals surface area contributed by atoms with Crippen LogP contribution in [0.3, 0.4) is 0 Å². The molecule has 2 rings (SSSR count). The number of amidine groups is 1. The smallest absolute Gasteiger partial charge is 0.125 e. The maximum absolute atomic E-state index is 13.0. The highest BCUT2D eigenvalue weighted by Gasteiger charge is 1.97. The van der Waals surface area contributed by atoms with Gasteiger partial charge in [0, 0.05) is 12.1 Å². The van der Waals surface area contributed by atoms with Crippen molar-refractivity contribution in [1.82, 2.24) is 0 Å². The lowest BCUT2D eigenvalue weighted by atomic mass is 10.1. The zero-order valence-electron chi connectivity index (χ0n) is 10.0. The van der Waals surface area contributed by atoms with E-state index in [-0.39, 0.29) is 5.82 Å². The first-order chi connectivity index (χ1) is 8.75. The van der Waals surface area contributed by atoms with Crippen molar-refractivity contribution in [2.45, 2.75) is 6.42 Å². The van der Waals surface area contributed by atoms with Crippen molar-refractivity contribution < 1.29 is 4.39 Å². The number of benzene rings is 2. The van der Waals surface area contributed by atoms with Crippen LogP contribution in [-0.2, 0) is 6.42 Å². The van der Waals surface area contributed by atoms with E-state index in [1.165, 1.54) is 12.1 Å². The molecule has 0 saturated carbocycles. The van der Waals surface area contributed by atoms with Gasteiger partial charge in [0.05, 0.1) is 0 Å². The van der Waals surface area contributed by atoms with Crippen LogP contribution in [0, 0.1) is 5.82 Å². The molecule has 0 saturated heterocycles. The average Bonchev–Trinajstić information content (AvgIpc) is 2.40. The van der Waals surface area contributed by atoms with Gasteiger partial charge in [-0.25, -0.2) is 4.39 Å². The van der Waals surface area contributed by atoms with Crippen molar-refractivity contribution in [3.8, 4) is 0 Å². The highest BCUT2D eigenvalue weighted by molar-refractivity contribution is 5.97. The molecule has 2 nitrogen and oxygen atoms in total. The quantitative estimate of drug-likeness (QED) is 0.649. The number of nitrogens with zero attached hydrogens (tertiary/aromatic N) is 1. The van der Waals surface area contributed by atoms with Gasteiger partial charge in [-0.3, -0.25) is 4.99 Å². The maximum atomic E-state index is 13.0. The molecule has 0 atom stereocenters. The predicted molar refractivity (Wildman–Crippen MR) is 72.1 cm³/mol. The van der Waals surface area contributed by atoms with Crippen LogP contribution in [0.25, 0.3) is 0 Å². The summed E-state index contributed by atoms with van der Waals surface area (Å²) in [5, 5.41) is 0. The number of halogens is 1. The number of nitrogens with two attached hydrogens (primary N) is 1. The largest absolute Gasteiger partial charge is 0.384 e. The molecule has 0 bridgehead atoms. The summed E-state index contributed by atoms with van der Waals surface area (Å²) < 4.78 is 13.0. The average molecular weight is 242 g/mol. The van der Waals surface area contributed by atoms with Gasteiger partial charge in [0.2, 0.25) is 0 Å². The molecular formula is C15H15FN2. The Hall–Kier alpha value is -2.16. The fourth-order valence-electron chi connectivity index (χ4n) is 1.70. The second-order valence-electron chi connectivity index (χ2n) is 4.01. The zero-order chi connectivity index (χ0) is 12.8. The van der Waals surface area contributed by atoms with Crippen molar-refractivity contribution in [1.29, 1.82) is 0 Å². The summed E-state index contributed by atoms with van der Waals surface area (Å²) in [6.45, 7) is 0.560. The summed E-state index contributed by atoms with van der Waals surface area (Å²) in [6.07, 6.45) is 0.686. The normalized spacial score (nSPS) is 11.5. The lowest BCUT2D eigenvalue weighted by molar-refractivity contribution is 0.625. The topological polar surface area (TPSA) is 38.4 Å². The summed E-state index contributed by atoms with van der Waals surface area (Å²) in [6, 6.07) is 16.2. The van der Waals surface area contributed by atoms with Crippen molar-refractivity contribution >= 4 is 5.84 Å². The molecule has 0 unspecified atom stereocenters. The van der Waals surface area contributed by atoms with Crippen LogP contribution in [0.15, 0.2) is 59.6 Å². The molecule has 18 heavy (non-hydrogen) atoms. The third-order valence-electron chi connectivity index (χ3n) is 2.64. The van der Waals surface area contributed by atoms with Gasteiger partial charge in [0.1, 0.15) is 11.7 Å². The Balaban J connectivity index is 1.96. The van der Waals surface area contributed by atoms with E-state index in [2.05, 4.69) is 4.99 Å². The summed E-state index contributed by atoms with van der Waals surface area (Å²) in [5.41, 5.74) is 7.71. The fourth-order valence-corrected chi connectivity index (χ4v) is 1.70. The van der Waals surface area contributed by atoms with E-state index in [1.54, 1.807) is 6.07 Å². The molecule has 2 aromatic rings. The van der Waals surface area contributed by atoms with Gasteiger partial charge >= 0.3 is 0 Å². The van der Waals surface area contributed by atoms with Gasteiger partial charge in [0.25, 0.3) is 0 Å². The van der Waals surface area contributed by atoms with Gasteiger partial charge in [-0.05, 0) is 24.1 Å². The molecule has 0 amide bonds. The minimum absolute atomic E-state index is 0.215. The minimum Gasteiger partial charge on any atom is -0.384 e. The molecule has 0 aliphatic carbocycles. The molecule has 0 aliphatic rings. The van der Waals surface area contributed by atoms with Crippen LogP contribution in [-0.4, -0.2) is 12.4 Å². The Morgan fingerprint density at radius 1 is 1.06 bits per heavy atom. The standard InChI is InChI=1S/C15H15FN2/c16-14-8-4-5-12(11-14)9-10-18-15(17)13-6-2-1-3-7-13/h1-8,11H,9-10H2,(H2,17,18). The molecule has 92 valence electrons. The number of hydrogen-bond acceptors (Lipinski definition) is 1. The summed E-state index contributed by atoms with van der Waals surface area (Å²) in [4.78, 5) is 4.29. The number of rotatable bonds is 4. The lowest BCUT2D eigenvalue weighted by Gasteiger charge is -2.01. The van der Waals surface area contributed by atoms with E-state index in [9.17, 15) is 4.39 Å². The summed E-state index contributed by atoms with van der Waals surface area (Å²) in [5.74, 6) is 0.305. The Morgan fingerprint density at radius 2 is 1.83 bits per heavy atom. The minimum atomic E-state index is -0.215. The van der Waals surface area contributed by atoms with Crippen LogP contribution >= 0.6 is 0 Å². The number of hydrogen-bond donors (Lipinski definition) is 1. The van der Waals surface area contributed by atoms with E-state index in [1.807, 2.05) is 36.4 Å². The van der Waals surface area contributed by atoms with Crippen molar-refractivity contribution in [3.63, 3.8) is 0 Å². The highest BCUT2D eigenvalue weighted by Crippen LogP contribution is 2.05. The Bertz CT molecular complexity index is 535. The van der Waals surface area contributed by atoms with Crippen LogP contribution < -0.4 is 5.73 Å². The van der Waals surface area contributed by atoms with Crippen LogP contribution in [0.5, 0.6) is 0 Å². The van der Waals surface area contributed by atoms with E-state index in [0.29, 0.717) is 18.8 Å². The fraction of sp³-hybridized carbons (Fsp3) is 0.133. The third kappa shape index (κ3) is 3.42. The first-order valence-electron chi connectivity index (χ1n) is 5.85. The lowest BCUT2D eigenvalue weighted by Crippen LogP contribution is -2.14. The van der Waals surface area contributed by atoms with Crippen LogP contribution in [0.2, 0.25) is 0 Å². The van der Waals surface area contributed by atoms with Gasteiger partial charge in [-0.1, -0.05) is 42.5 Å². The molecule has 0 radical (unpaired) electrons. The molecule has 0 heterocycles. The molecule has 0 spiro atoms. The molecule has 2 aromatic carbocycles. The monoisotopic (exact) mass is 242 g/mol. The van der Waals surface area contributed by atoms with Crippen molar-refractivity contribution in [3.05, 3.63) is 71.5 Å². The van der Waals surface area contributed by atoms with Gasteiger partial charge in [0.15, 0.2) is 0 Å². The summed E-state index contributed by atoms with van der Waals surface area (Å²) in [7, 11) is 0. The van der Waals surface area contributed by atoms with Crippen molar-refractivity contribution in [2.75, 3.05) is 6.54 Å². The molecule has 0 aromatic heterocycles. The molecule has 0 aliphatic heterocycles. The first-order valence-corrected chi connectivity index (χ1v) is 5.85. The second kappa shape index (κ2) is 5.96. The maximum Gasteiger partial charge on any atom is 0.125 e.